The molecule has 3 heterocycles. The smallest absolute Gasteiger partial charge is 0.246 e. The Labute approximate surface area is 192 Å². The van der Waals surface area contributed by atoms with Crippen molar-refractivity contribution in [3.8, 4) is 22.8 Å². The summed E-state index contributed by atoms with van der Waals surface area (Å²) in [5.41, 5.74) is 3.68. The Morgan fingerprint density at radius 1 is 1.21 bits per heavy atom. The van der Waals surface area contributed by atoms with E-state index in [0.717, 1.165) is 58.7 Å². The van der Waals surface area contributed by atoms with Gasteiger partial charge in [0, 0.05) is 18.3 Å². The topological polar surface area (TPSA) is 73.1 Å². The Morgan fingerprint density at radius 2 is 2.06 bits per heavy atom. The second-order valence-corrected chi connectivity index (χ2v) is 8.27. The van der Waals surface area contributed by atoms with E-state index >= 15 is 0 Å². The van der Waals surface area contributed by atoms with Crippen molar-refractivity contribution in [2.45, 2.75) is 32.4 Å². The molecule has 0 radical (unpaired) electrons. The first-order valence-electron chi connectivity index (χ1n) is 11.1. The Hall–Kier alpha value is -4.00. The number of carbonyl (C=O) groups excluding carboxylic acids is 1. The number of amides is 1. The molecule has 1 saturated heterocycles. The van der Waals surface area contributed by atoms with Crippen LogP contribution in [0.1, 0.15) is 18.4 Å². The van der Waals surface area contributed by atoms with Gasteiger partial charge in [-0.05, 0) is 67.8 Å². The zero-order valence-corrected chi connectivity index (χ0v) is 18.5. The van der Waals surface area contributed by atoms with E-state index in [1.165, 1.54) is 12.4 Å². The fourth-order valence-corrected chi connectivity index (χ4v) is 4.39. The van der Waals surface area contributed by atoms with Crippen LogP contribution in [0, 0.1) is 6.92 Å². The van der Waals surface area contributed by atoms with Gasteiger partial charge in [0.1, 0.15) is 23.5 Å². The summed E-state index contributed by atoms with van der Waals surface area (Å²) in [5, 5.41) is 5.76. The molecule has 0 N–H and O–H groups in total. The third kappa shape index (κ3) is 4.22. The maximum absolute atomic E-state index is 12.2. The van der Waals surface area contributed by atoms with Crippen molar-refractivity contribution in [2.75, 3.05) is 6.54 Å². The quantitative estimate of drug-likeness (QED) is 0.405. The zero-order chi connectivity index (χ0) is 22.8. The molecule has 1 atom stereocenters. The van der Waals surface area contributed by atoms with E-state index in [0.29, 0.717) is 6.54 Å². The molecule has 4 aromatic rings. The number of aromatic nitrogens is 4. The lowest BCUT2D eigenvalue weighted by Crippen LogP contribution is -2.37. The molecule has 1 amide bonds. The lowest BCUT2D eigenvalue weighted by atomic mass is 10.1. The lowest BCUT2D eigenvalue weighted by molar-refractivity contribution is -0.127. The molecule has 33 heavy (non-hydrogen) atoms. The highest BCUT2D eigenvalue weighted by molar-refractivity contribution is 5.90. The Balaban J connectivity index is 1.43. The SMILES string of the molecule is C=CC(=O)N1CCC[C@@H]1Cn1nc(-c2ccc(Oc3cccc(C)c3)cc2)c2cncnc21. The third-order valence-corrected chi connectivity index (χ3v) is 5.98. The molecular weight excluding hydrogens is 414 g/mol. The van der Waals surface area contributed by atoms with Gasteiger partial charge in [-0.25, -0.2) is 14.6 Å². The second kappa shape index (κ2) is 8.86. The number of likely N-dealkylation sites (tertiary alicyclic amines) is 1. The van der Waals surface area contributed by atoms with Crippen LogP contribution < -0.4 is 4.74 Å². The second-order valence-electron chi connectivity index (χ2n) is 8.27. The normalized spacial score (nSPS) is 15.7. The van der Waals surface area contributed by atoms with Crippen LogP contribution in [0.3, 0.4) is 0 Å². The summed E-state index contributed by atoms with van der Waals surface area (Å²) in [5.74, 6) is 1.53. The minimum absolute atomic E-state index is 0.0343. The molecule has 0 spiro atoms. The maximum Gasteiger partial charge on any atom is 0.246 e. The summed E-state index contributed by atoms with van der Waals surface area (Å²) in [6.07, 6.45) is 6.62. The molecule has 0 saturated carbocycles. The number of hydrogen-bond acceptors (Lipinski definition) is 5. The number of rotatable bonds is 6. The highest BCUT2D eigenvalue weighted by Crippen LogP contribution is 2.30. The van der Waals surface area contributed by atoms with Crippen molar-refractivity contribution in [3.05, 3.63) is 79.3 Å². The minimum Gasteiger partial charge on any atom is -0.457 e. The summed E-state index contributed by atoms with van der Waals surface area (Å²) >= 11 is 0. The highest BCUT2D eigenvalue weighted by Gasteiger charge is 2.28. The standard InChI is InChI=1S/C26H25N5O2/c1-3-24(32)30-13-5-7-20(30)16-31-26-23(15-27-17-28-26)25(29-31)19-9-11-21(12-10-19)33-22-8-4-6-18(2)14-22/h3-4,6,8-12,14-15,17,20H,1,5,7,13,16H2,2H3/t20-/m1/s1. The lowest BCUT2D eigenvalue weighted by Gasteiger charge is -2.23. The predicted octanol–water partition coefficient (Wildman–Crippen LogP) is 4.77. The fourth-order valence-electron chi connectivity index (χ4n) is 4.39. The van der Waals surface area contributed by atoms with Crippen molar-refractivity contribution in [3.63, 3.8) is 0 Å². The first kappa shape index (κ1) is 20.9. The van der Waals surface area contributed by atoms with Gasteiger partial charge >= 0.3 is 0 Å². The molecule has 0 unspecified atom stereocenters. The van der Waals surface area contributed by atoms with Crippen LogP contribution in [0.15, 0.2) is 73.7 Å². The van der Waals surface area contributed by atoms with E-state index in [4.69, 9.17) is 9.84 Å². The van der Waals surface area contributed by atoms with Crippen LogP contribution in [-0.2, 0) is 11.3 Å². The van der Waals surface area contributed by atoms with Crippen LogP contribution in [0.4, 0.5) is 0 Å². The Bertz CT molecular complexity index is 1310. The van der Waals surface area contributed by atoms with Gasteiger partial charge in [-0.2, -0.15) is 5.10 Å². The van der Waals surface area contributed by atoms with Crippen molar-refractivity contribution in [2.24, 2.45) is 0 Å². The van der Waals surface area contributed by atoms with E-state index in [-0.39, 0.29) is 11.9 Å². The predicted molar refractivity (Wildman–Crippen MR) is 127 cm³/mol. The molecule has 1 aliphatic rings. The highest BCUT2D eigenvalue weighted by atomic mass is 16.5. The van der Waals surface area contributed by atoms with Gasteiger partial charge in [0.05, 0.1) is 18.0 Å². The van der Waals surface area contributed by atoms with Gasteiger partial charge in [-0.3, -0.25) is 4.79 Å². The molecule has 0 bridgehead atoms. The Kier molecular flexibility index (Phi) is 5.60. The number of hydrogen-bond donors (Lipinski definition) is 0. The molecule has 7 nitrogen and oxygen atoms in total. The van der Waals surface area contributed by atoms with Crippen LogP contribution in [0.2, 0.25) is 0 Å². The average molecular weight is 440 g/mol. The van der Waals surface area contributed by atoms with Crippen molar-refractivity contribution >= 4 is 16.9 Å². The molecule has 1 aliphatic heterocycles. The van der Waals surface area contributed by atoms with Crippen molar-refractivity contribution in [1.29, 1.82) is 0 Å². The number of benzene rings is 2. The molecule has 2 aromatic carbocycles. The van der Waals surface area contributed by atoms with E-state index in [9.17, 15) is 4.79 Å². The first-order valence-corrected chi connectivity index (χ1v) is 11.1. The molecule has 0 aliphatic carbocycles. The van der Waals surface area contributed by atoms with Crippen LogP contribution in [0.5, 0.6) is 11.5 Å². The number of carbonyl (C=O) groups is 1. The minimum atomic E-state index is -0.0343. The summed E-state index contributed by atoms with van der Waals surface area (Å²) < 4.78 is 7.87. The van der Waals surface area contributed by atoms with Gasteiger partial charge < -0.3 is 9.64 Å². The first-order chi connectivity index (χ1) is 16.1. The van der Waals surface area contributed by atoms with E-state index < -0.39 is 0 Å². The van der Waals surface area contributed by atoms with Crippen LogP contribution >= 0.6 is 0 Å². The number of aryl methyl sites for hydroxylation is 1. The molecular formula is C26H25N5O2. The van der Waals surface area contributed by atoms with Gasteiger partial charge in [-0.15, -0.1) is 0 Å². The van der Waals surface area contributed by atoms with E-state index in [1.807, 2.05) is 65.0 Å². The van der Waals surface area contributed by atoms with Crippen LogP contribution in [0.25, 0.3) is 22.3 Å². The molecule has 1 fully saturated rings. The van der Waals surface area contributed by atoms with Gasteiger partial charge in [-0.1, -0.05) is 18.7 Å². The maximum atomic E-state index is 12.2. The van der Waals surface area contributed by atoms with Gasteiger partial charge in [0.2, 0.25) is 5.91 Å². The number of fused-ring (bicyclic) bond motifs is 1. The zero-order valence-electron chi connectivity index (χ0n) is 18.5. The molecule has 5 rings (SSSR count). The summed E-state index contributed by atoms with van der Waals surface area (Å²) in [4.78, 5) is 22.8. The summed E-state index contributed by atoms with van der Waals surface area (Å²) in [6, 6.07) is 15.9. The van der Waals surface area contributed by atoms with E-state index in [2.05, 4.69) is 16.5 Å². The Morgan fingerprint density at radius 3 is 2.85 bits per heavy atom. The molecule has 7 heteroatoms. The summed E-state index contributed by atoms with van der Waals surface area (Å²) in [7, 11) is 0. The van der Waals surface area contributed by atoms with Crippen LogP contribution in [-0.4, -0.2) is 43.1 Å². The number of nitrogens with zero attached hydrogens (tertiary/aromatic N) is 5. The fraction of sp³-hybridized carbons (Fsp3) is 0.231. The van der Waals surface area contributed by atoms with Gasteiger partial charge in [0.15, 0.2) is 5.65 Å². The largest absolute Gasteiger partial charge is 0.457 e. The molecule has 2 aromatic heterocycles. The average Bonchev–Trinajstić information content (AvgIpc) is 3.45. The number of ether oxygens (including phenoxy) is 1. The third-order valence-electron chi connectivity index (χ3n) is 5.98. The van der Waals surface area contributed by atoms with Crippen molar-refractivity contribution < 1.29 is 9.53 Å². The monoisotopic (exact) mass is 439 g/mol. The van der Waals surface area contributed by atoms with Gasteiger partial charge in [0.25, 0.3) is 0 Å². The van der Waals surface area contributed by atoms with Crippen molar-refractivity contribution in [1.82, 2.24) is 24.6 Å². The van der Waals surface area contributed by atoms with E-state index in [1.54, 1.807) is 6.20 Å². The summed E-state index contributed by atoms with van der Waals surface area (Å²) in [6.45, 7) is 7.01. The molecule has 166 valence electrons.